The number of benzene rings is 2. The van der Waals surface area contributed by atoms with Crippen molar-refractivity contribution in [2.75, 3.05) is 6.61 Å². The average molecular weight is 601 g/mol. The number of nitrogens with one attached hydrogen (secondary N) is 1. The van der Waals surface area contributed by atoms with E-state index in [-0.39, 0.29) is 11.7 Å². The number of fused-ring (bicyclic) bond motifs is 2. The fraction of sp³-hybridized carbons (Fsp3) is 0.226. The Morgan fingerprint density at radius 1 is 1.17 bits per heavy atom. The van der Waals surface area contributed by atoms with Gasteiger partial charge in [-0.15, -0.1) is 0 Å². The molecule has 0 fully saturated rings. The van der Waals surface area contributed by atoms with E-state index in [1.54, 1.807) is 31.4 Å². The van der Waals surface area contributed by atoms with Gasteiger partial charge < -0.3 is 18.9 Å². The summed E-state index contributed by atoms with van der Waals surface area (Å²) in [7, 11) is 0. The van der Waals surface area contributed by atoms with Crippen LogP contribution in [0.2, 0.25) is 0 Å². The zero-order valence-corrected chi connectivity index (χ0v) is 25.0. The van der Waals surface area contributed by atoms with E-state index in [1.165, 1.54) is 23.1 Å². The molecule has 0 amide bonds. The Bertz CT molecular complexity index is 1960. The van der Waals surface area contributed by atoms with Gasteiger partial charge in [0.1, 0.15) is 11.5 Å². The highest BCUT2D eigenvalue weighted by Gasteiger charge is 2.33. The molecule has 4 heterocycles. The molecule has 214 valence electrons. The first-order chi connectivity index (χ1) is 20.3. The molecule has 1 aliphatic heterocycles. The summed E-state index contributed by atoms with van der Waals surface area (Å²) in [6.07, 6.45) is 1.38. The summed E-state index contributed by atoms with van der Waals surface area (Å²) in [6, 6.07) is 18.1. The maximum Gasteiger partial charge on any atom is 0.338 e. The van der Waals surface area contributed by atoms with Crippen LogP contribution in [0.25, 0.3) is 17.1 Å². The number of imidazole rings is 1. The first kappa shape index (κ1) is 27.8. The molecule has 1 N–H and O–H groups in total. The molecule has 0 bridgehead atoms. The smallest absolute Gasteiger partial charge is 0.338 e. The van der Waals surface area contributed by atoms with Gasteiger partial charge in [0.15, 0.2) is 15.1 Å². The van der Waals surface area contributed by atoms with Crippen LogP contribution in [0, 0.1) is 0 Å². The van der Waals surface area contributed by atoms with Crippen LogP contribution >= 0.6 is 23.1 Å². The molecule has 2 aromatic carbocycles. The molecule has 42 heavy (non-hydrogen) atoms. The van der Waals surface area contributed by atoms with Gasteiger partial charge in [-0.25, -0.2) is 14.8 Å². The molecular weight excluding hydrogens is 572 g/mol. The van der Waals surface area contributed by atoms with Crippen LogP contribution in [0.4, 0.5) is 0 Å². The monoisotopic (exact) mass is 600 g/mol. The highest BCUT2D eigenvalue weighted by molar-refractivity contribution is 7.99. The number of esters is 1. The number of ether oxygens (including phenoxy) is 2. The van der Waals surface area contributed by atoms with Crippen LogP contribution in [0.15, 0.2) is 96.4 Å². The average Bonchev–Trinajstić information content (AvgIpc) is 3.65. The zero-order valence-electron chi connectivity index (χ0n) is 23.4. The summed E-state index contributed by atoms with van der Waals surface area (Å²) in [5.74, 6) is 0.721. The third kappa shape index (κ3) is 5.45. The molecule has 5 aromatic rings. The molecule has 9 nitrogen and oxygen atoms in total. The molecule has 0 spiro atoms. The van der Waals surface area contributed by atoms with Crippen molar-refractivity contribution in [1.82, 2.24) is 14.5 Å². The minimum Gasteiger partial charge on any atom is -0.494 e. The third-order valence-corrected chi connectivity index (χ3v) is 8.32. The summed E-state index contributed by atoms with van der Waals surface area (Å²) < 4.78 is 19.2. The predicted molar refractivity (Wildman–Crippen MR) is 162 cm³/mol. The second kappa shape index (κ2) is 11.5. The number of allylic oxidation sites excluding steroid dienone is 1. The zero-order chi connectivity index (χ0) is 29.4. The van der Waals surface area contributed by atoms with Gasteiger partial charge in [0.05, 0.1) is 45.6 Å². The van der Waals surface area contributed by atoms with Crippen LogP contribution < -0.4 is 19.6 Å². The minimum atomic E-state index is -0.707. The van der Waals surface area contributed by atoms with E-state index in [1.807, 2.05) is 67.6 Å². The Morgan fingerprint density at radius 3 is 2.69 bits per heavy atom. The SMILES string of the molecule is CCOc1ccc([C@@H]2C(C(=O)OC(C)C)=C(C)N=c3s/c(=C/c4ccc(Sc5nc6ccccc6[nH]5)o4)c(=O)n32)cc1. The molecule has 3 aromatic heterocycles. The van der Waals surface area contributed by atoms with Crippen molar-refractivity contribution in [3.63, 3.8) is 0 Å². The number of hydrogen-bond acceptors (Lipinski definition) is 9. The van der Waals surface area contributed by atoms with Crippen molar-refractivity contribution in [1.29, 1.82) is 0 Å². The van der Waals surface area contributed by atoms with Crippen LogP contribution in [0.1, 0.15) is 45.1 Å². The van der Waals surface area contributed by atoms with Crippen LogP contribution in [0.5, 0.6) is 5.75 Å². The number of aromatic amines is 1. The molecule has 1 atom stereocenters. The topological polar surface area (TPSA) is 112 Å². The number of rotatable bonds is 8. The highest BCUT2D eigenvalue weighted by Crippen LogP contribution is 2.32. The lowest BCUT2D eigenvalue weighted by Crippen LogP contribution is -2.40. The lowest BCUT2D eigenvalue weighted by molar-refractivity contribution is -0.143. The quantitative estimate of drug-likeness (QED) is 0.244. The number of carbonyl (C=O) groups excluding carboxylic acids is 1. The first-order valence-corrected chi connectivity index (χ1v) is 15.1. The first-order valence-electron chi connectivity index (χ1n) is 13.5. The van der Waals surface area contributed by atoms with Crippen LogP contribution in [0.3, 0.4) is 0 Å². The summed E-state index contributed by atoms with van der Waals surface area (Å²) in [4.78, 5) is 40.2. The second-order valence-electron chi connectivity index (χ2n) is 9.86. The number of furan rings is 1. The summed E-state index contributed by atoms with van der Waals surface area (Å²) in [6.45, 7) is 7.80. The van der Waals surface area contributed by atoms with Gasteiger partial charge in [-0.05, 0) is 81.4 Å². The Balaban J connectivity index is 1.38. The maximum atomic E-state index is 13.9. The molecule has 11 heteroatoms. The van der Waals surface area contributed by atoms with Crippen molar-refractivity contribution in [2.45, 2.75) is 50.1 Å². The number of para-hydroxylation sites is 2. The van der Waals surface area contributed by atoms with Gasteiger partial charge in [0.2, 0.25) is 0 Å². The lowest BCUT2D eigenvalue weighted by Gasteiger charge is -2.25. The number of carbonyl (C=O) groups is 1. The van der Waals surface area contributed by atoms with Gasteiger partial charge in [-0.2, -0.15) is 0 Å². The minimum absolute atomic E-state index is 0.275. The van der Waals surface area contributed by atoms with Gasteiger partial charge in [0.25, 0.3) is 5.56 Å². The van der Waals surface area contributed by atoms with Gasteiger partial charge in [-0.3, -0.25) is 9.36 Å². The molecule has 0 radical (unpaired) electrons. The van der Waals surface area contributed by atoms with E-state index >= 15 is 0 Å². The van der Waals surface area contributed by atoms with Crippen LogP contribution in [-0.4, -0.2) is 33.2 Å². The molecular formula is C31H28N4O5S2. The van der Waals surface area contributed by atoms with Crippen molar-refractivity contribution < 1.29 is 18.7 Å². The van der Waals surface area contributed by atoms with E-state index in [2.05, 4.69) is 15.0 Å². The number of aromatic nitrogens is 3. The number of nitrogens with zero attached hydrogens (tertiary/aromatic N) is 3. The Hall–Kier alpha value is -4.35. The third-order valence-electron chi connectivity index (χ3n) is 6.53. The summed E-state index contributed by atoms with van der Waals surface area (Å²) in [5, 5.41) is 1.35. The fourth-order valence-corrected chi connectivity index (χ4v) is 6.55. The summed E-state index contributed by atoms with van der Waals surface area (Å²) in [5.41, 5.74) is 3.13. The summed E-state index contributed by atoms with van der Waals surface area (Å²) >= 11 is 2.61. The number of H-pyrrole nitrogens is 1. The fourth-order valence-electron chi connectivity index (χ4n) is 4.76. The highest BCUT2D eigenvalue weighted by atomic mass is 32.2. The van der Waals surface area contributed by atoms with Gasteiger partial charge in [-0.1, -0.05) is 35.6 Å². The van der Waals surface area contributed by atoms with E-state index in [0.717, 1.165) is 16.6 Å². The molecule has 0 aliphatic carbocycles. The van der Waals surface area contributed by atoms with Crippen molar-refractivity contribution in [3.8, 4) is 5.75 Å². The molecule has 6 rings (SSSR count). The predicted octanol–water partition coefficient (Wildman–Crippen LogP) is 5.21. The van der Waals surface area contributed by atoms with Gasteiger partial charge >= 0.3 is 5.97 Å². The Labute approximate surface area is 249 Å². The van der Waals surface area contributed by atoms with E-state index < -0.39 is 12.0 Å². The van der Waals surface area contributed by atoms with Gasteiger partial charge in [0, 0.05) is 6.08 Å². The Kier molecular flexibility index (Phi) is 7.61. The molecule has 0 unspecified atom stereocenters. The normalized spacial score (nSPS) is 15.3. The van der Waals surface area contributed by atoms with Crippen molar-refractivity contribution in [2.24, 2.45) is 4.99 Å². The van der Waals surface area contributed by atoms with Crippen molar-refractivity contribution in [3.05, 3.63) is 103 Å². The van der Waals surface area contributed by atoms with Crippen LogP contribution in [-0.2, 0) is 9.53 Å². The number of hydrogen-bond donors (Lipinski definition) is 1. The van der Waals surface area contributed by atoms with E-state index in [9.17, 15) is 9.59 Å². The lowest BCUT2D eigenvalue weighted by atomic mass is 9.96. The largest absolute Gasteiger partial charge is 0.494 e. The second-order valence-corrected chi connectivity index (χ2v) is 11.9. The molecule has 0 saturated carbocycles. The standard InChI is InChI=1S/C31H28N4O5S2/c1-5-38-20-12-10-19(11-13-20)27-26(29(37)39-17(2)3)18(4)32-31-35(27)28(36)24(41-31)16-21-14-15-25(40-21)42-30-33-22-8-6-7-9-23(22)34-30/h6-17,27H,5H2,1-4H3,(H,33,34)/b24-16+/t27-/m1/s1. The van der Waals surface area contributed by atoms with E-state index in [0.29, 0.717) is 49.0 Å². The van der Waals surface area contributed by atoms with Crippen molar-refractivity contribution >= 4 is 46.2 Å². The van der Waals surface area contributed by atoms with E-state index in [4.69, 9.17) is 13.9 Å². The maximum absolute atomic E-state index is 13.9. The Morgan fingerprint density at radius 2 is 1.95 bits per heavy atom. The molecule has 0 saturated heterocycles. The molecule has 1 aliphatic rings. The number of thiazole rings is 1.